The first kappa shape index (κ1) is 18.3. The average molecular weight is 400 g/mol. The zero-order chi connectivity index (χ0) is 20.0. The molecule has 2 fully saturated rings. The van der Waals surface area contributed by atoms with Crippen LogP contribution in [0, 0.1) is 5.41 Å². The molecule has 0 radical (unpaired) electrons. The fraction of sp³-hybridized carbons (Fsp3) is 0.579. The van der Waals surface area contributed by atoms with Crippen LogP contribution < -0.4 is 10.2 Å². The maximum atomic E-state index is 14.2. The van der Waals surface area contributed by atoms with E-state index in [0.717, 1.165) is 36.5 Å². The standard InChI is InChI=1S/C19H25FN8O/c1-19(2)4-5-27(10-19)16-15(12-7-22-23-8-12)21-11-28-17(16)25-18(26-28)24-14-3-6-29-9-13(14)20/h7-8,11,13-14H,3-6,9-10H2,1-2H3,(H,22,23)(H,24,26)/t13-,14+/m1/s1. The lowest BCUT2D eigenvalue weighted by Gasteiger charge is -2.26. The molecule has 2 saturated heterocycles. The van der Waals surface area contributed by atoms with E-state index in [1.54, 1.807) is 17.0 Å². The minimum atomic E-state index is -1.08. The van der Waals surface area contributed by atoms with Gasteiger partial charge in [0.25, 0.3) is 0 Å². The number of aromatic nitrogens is 6. The van der Waals surface area contributed by atoms with Crippen LogP contribution in [-0.4, -0.2) is 68.3 Å². The number of rotatable bonds is 4. The van der Waals surface area contributed by atoms with Crippen LogP contribution in [0.2, 0.25) is 0 Å². The predicted molar refractivity (Wildman–Crippen MR) is 107 cm³/mol. The third-order valence-corrected chi connectivity index (χ3v) is 5.73. The highest BCUT2D eigenvalue weighted by Gasteiger charge is 2.33. The molecule has 5 heterocycles. The highest BCUT2D eigenvalue weighted by molar-refractivity contribution is 5.85. The minimum absolute atomic E-state index is 0.103. The quantitative estimate of drug-likeness (QED) is 0.694. The number of aromatic amines is 1. The number of ether oxygens (including phenoxy) is 1. The largest absolute Gasteiger partial charge is 0.378 e. The fourth-order valence-corrected chi connectivity index (χ4v) is 4.12. The van der Waals surface area contributed by atoms with Crippen LogP contribution in [0.1, 0.15) is 26.7 Å². The first-order chi connectivity index (χ1) is 14.0. The van der Waals surface area contributed by atoms with Gasteiger partial charge in [0, 0.05) is 31.5 Å². The van der Waals surface area contributed by atoms with Gasteiger partial charge in [0.1, 0.15) is 23.9 Å². The molecule has 3 aromatic heterocycles. The molecule has 0 unspecified atom stereocenters. The average Bonchev–Trinajstić information content (AvgIpc) is 3.42. The van der Waals surface area contributed by atoms with Crippen LogP contribution in [-0.2, 0) is 4.74 Å². The Balaban J connectivity index is 1.56. The molecular weight excluding hydrogens is 375 g/mol. The second-order valence-electron chi connectivity index (χ2n) is 8.60. The van der Waals surface area contributed by atoms with Crippen molar-refractivity contribution in [3.05, 3.63) is 18.7 Å². The molecule has 0 saturated carbocycles. The molecule has 0 aromatic carbocycles. The number of nitrogens with zero attached hydrogens (tertiary/aromatic N) is 6. The summed E-state index contributed by atoms with van der Waals surface area (Å²) < 4.78 is 21.0. The first-order valence-corrected chi connectivity index (χ1v) is 9.98. The van der Waals surface area contributed by atoms with Gasteiger partial charge in [-0.3, -0.25) is 5.10 Å². The zero-order valence-corrected chi connectivity index (χ0v) is 16.6. The van der Waals surface area contributed by atoms with E-state index in [9.17, 15) is 4.39 Å². The van der Waals surface area contributed by atoms with Crippen molar-refractivity contribution in [3.8, 4) is 11.3 Å². The third-order valence-electron chi connectivity index (χ3n) is 5.73. The van der Waals surface area contributed by atoms with Gasteiger partial charge in [-0.2, -0.15) is 14.6 Å². The lowest BCUT2D eigenvalue weighted by atomic mass is 9.93. The van der Waals surface area contributed by atoms with Gasteiger partial charge < -0.3 is 15.0 Å². The Morgan fingerprint density at radius 1 is 1.38 bits per heavy atom. The molecular formula is C19H25FN8O. The van der Waals surface area contributed by atoms with Gasteiger partial charge in [-0.1, -0.05) is 13.8 Å². The van der Waals surface area contributed by atoms with Crippen LogP contribution in [0.5, 0.6) is 0 Å². The normalized spacial score (nSPS) is 24.3. The van der Waals surface area contributed by atoms with E-state index in [0.29, 0.717) is 24.6 Å². The predicted octanol–water partition coefficient (Wildman–Crippen LogP) is 2.29. The Hall–Kier alpha value is -2.75. The molecule has 10 heteroatoms. The molecule has 2 N–H and O–H groups in total. The van der Waals surface area contributed by atoms with Crippen molar-refractivity contribution in [2.75, 3.05) is 36.5 Å². The van der Waals surface area contributed by atoms with Crippen LogP contribution in [0.15, 0.2) is 18.7 Å². The summed E-state index contributed by atoms with van der Waals surface area (Å²) in [7, 11) is 0. The molecule has 2 aliphatic heterocycles. The summed E-state index contributed by atoms with van der Waals surface area (Å²) >= 11 is 0. The number of alkyl halides is 1. The summed E-state index contributed by atoms with van der Waals surface area (Å²) in [6, 6.07) is -0.350. The lowest BCUT2D eigenvalue weighted by Crippen LogP contribution is -2.39. The molecule has 0 aliphatic carbocycles. The van der Waals surface area contributed by atoms with Crippen molar-refractivity contribution < 1.29 is 9.13 Å². The molecule has 3 aromatic rings. The smallest absolute Gasteiger partial charge is 0.243 e. The molecule has 0 bridgehead atoms. The Morgan fingerprint density at radius 2 is 2.28 bits per heavy atom. The van der Waals surface area contributed by atoms with Crippen molar-refractivity contribution >= 4 is 17.3 Å². The van der Waals surface area contributed by atoms with E-state index < -0.39 is 6.17 Å². The van der Waals surface area contributed by atoms with Gasteiger partial charge in [-0.25, -0.2) is 9.37 Å². The van der Waals surface area contributed by atoms with Crippen molar-refractivity contribution in [1.82, 2.24) is 29.8 Å². The van der Waals surface area contributed by atoms with E-state index in [1.165, 1.54) is 0 Å². The van der Waals surface area contributed by atoms with E-state index in [4.69, 9.17) is 9.72 Å². The highest BCUT2D eigenvalue weighted by Crippen LogP contribution is 2.38. The fourth-order valence-electron chi connectivity index (χ4n) is 4.12. The molecule has 9 nitrogen and oxygen atoms in total. The van der Waals surface area contributed by atoms with Crippen molar-refractivity contribution in [2.45, 2.75) is 38.9 Å². The van der Waals surface area contributed by atoms with Crippen molar-refractivity contribution in [3.63, 3.8) is 0 Å². The Morgan fingerprint density at radius 3 is 3.00 bits per heavy atom. The number of hydrogen-bond acceptors (Lipinski definition) is 7. The molecule has 29 heavy (non-hydrogen) atoms. The Kier molecular flexibility index (Phi) is 4.38. The Labute approximate surface area is 167 Å². The minimum Gasteiger partial charge on any atom is -0.378 e. The van der Waals surface area contributed by atoms with Crippen LogP contribution in [0.3, 0.4) is 0 Å². The number of fused-ring (bicyclic) bond motifs is 1. The van der Waals surface area contributed by atoms with E-state index in [-0.39, 0.29) is 18.1 Å². The summed E-state index contributed by atoms with van der Waals surface area (Å²) in [6.07, 6.45) is 5.83. The number of H-pyrrole nitrogens is 1. The molecule has 154 valence electrons. The van der Waals surface area contributed by atoms with E-state index in [1.807, 2.05) is 6.20 Å². The second-order valence-corrected chi connectivity index (χ2v) is 8.60. The highest BCUT2D eigenvalue weighted by atomic mass is 19.1. The zero-order valence-electron chi connectivity index (χ0n) is 16.6. The first-order valence-electron chi connectivity index (χ1n) is 9.98. The van der Waals surface area contributed by atoms with Gasteiger partial charge >= 0.3 is 0 Å². The van der Waals surface area contributed by atoms with E-state index >= 15 is 0 Å². The summed E-state index contributed by atoms with van der Waals surface area (Å²) in [6.45, 7) is 6.99. The maximum Gasteiger partial charge on any atom is 0.243 e. The monoisotopic (exact) mass is 400 g/mol. The van der Waals surface area contributed by atoms with Crippen LogP contribution >= 0.6 is 0 Å². The van der Waals surface area contributed by atoms with Gasteiger partial charge in [-0.15, -0.1) is 5.10 Å². The number of anilines is 2. The molecule has 0 amide bonds. The SMILES string of the molecule is CC1(C)CCN(c2c(-c3cn[nH]c3)ncn3nc(N[C@H]4CCOC[C@H]4F)nc23)C1. The number of halogens is 1. The summed E-state index contributed by atoms with van der Waals surface area (Å²) in [5, 5.41) is 14.6. The van der Waals surface area contributed by atoms with Gasteiger partial charge in [0.05, 0.1) is 18.8 Å². The van der Waals surface area contributed by atoms with Gasteiger partial charge in [-0.05, 0) is 18.3 Å². The molecule has 2 aliphatic rings. The number of nitrogens with one attached hydrogen (secondary N) is 2. The molecule has 2 atom stereocenters. The summed E-state index contributed by atoms with van der Waals surface area (Å²) in [5.41, 5.74) is 3.57. The number of hydrogen-bond donors (Lipinski definition) is 2. The van der Waals surface area contributed by atoms with Gasteiger partial charge in [0.15, 0.2) is 5.65 Å². The topological polar surface area (TPSA) is 96.3 Å². The van der Waals surface area contributed by atoms with Crippen LogP contribution in [0.25, 0.3) is 16.9 Å². The van der Waals surface area contributed by atoms with Gasteiger partial charge in [0.2, 0.25) is 5.95 Å². The third kappa shape index (κ3) is 3.41. The molecule has 0 spiro atoms. The van der Waals surface area contributed by atoms with E-state index in [2.05, 4.69) is 44.3 Å². The lowest BCUT2D eigenvalue weighted by molar-refractivity contribution is 0.0284. The Bertz CT molecular complexity index is 1000. The van der Waals surface area contributed by atoms with Crippen LogP contribution in [0.4, 0.5) is 16.0 Å². The summed E-state index contributed by atoms with van der Waals surface area (Å²) in [5.74, 6) is 0.408. The maximum absolute atomic E-state index is 14.2. The second kappa shape index (κ2) is 6.94. The van der Waals surface area contributed by atoms with Crippen molar-refractivity contribution in [2.24, 2.45) is 5.41 Å². The van der Waals surface area contributed by atoms with Crippen molar-refractivity contribution in [1.29, 1.82) is 0 Å². The summed E-state index contributed by atoms with van der Waals surface area (Å²) in [4.78, 5) is 11.7. The molecule has 5 rings (SSSR count).